The second-order valence-electron chi connectivity index (χ2n) is 4.48. The summed E-state index contributed by atoms with van der Waals surface area (Å²) in [5.41, 5.74) is 0. The molecule has 0 N–H and O–H groups in total. The number of terminal acetylenes is 1. The first kappa shape index (κ1) is 16.0. The Kier molecular flexibility index (Phi) is 10.9. The molecule has 0 aliphatic heterocycles. The van der Waals surface area contributed by atoms with E-state index in [1.54, 1.807) is 4.90 Å². The van der Waals surface area contributed by atoms with Gasteiger partial charge >= 0.3 is 0 Å². The Morgan fingerprint density at radius 3 is 2.18 bits per heavy atom. The van der Waals surface area contributed by atoms with E-state index >= 15 is 0 Å². The summed E-state index contributed by atoms with van der Waals surface area (Å²) in [4.78, 5) is 13.5. The van der Waals surface area contributed by atoms with E-state index in [9.17, 15) is 4.79 Å². The fraction of sp³-hybridized carbons (Fsp3) is 0.800. The number of hydrogen-bond acceptors (Lipinski definition) is 1. The maximum atomic E-state index is 11.7. The fourth-order valence-corrected chi connectivity index (χ4v) is 1.88. The van der Waals surface area contributed by atoms with Gasteiger partial charge in [-0.15, -0.1) is 6.42 Å². The molecule has 1 amide bonds. The standard InChI is InChI=1S/C15H27NO/c1-4-7-8-9-10-11-12-13-15(17)16(6-3)14-5-2/h2H,4,6-14H2,1,3H3. The molecular weight excluding hydrogens is 210 g/mol. The van der Waals surface area contributed by atoms with E-state index in [-0.39, 0.29) is 5.91 Å². The molecule has 0 saturated heterocycles. The lowest BCUT2D eigenvalue weighted by Gasteiger charge is -2.17. The highest BCUT2D eigenvalue weighted by Crippen LogP contribution is 2.09. The number of hydrogen-bond donors (Lipinski definition) is 0. The van der Waals surface area contributed by atoms with Gasteiger partial charge in [0.05, 0.1) is 6.54 Å². The van der Waals surface area contributed by atoms with Crippen molar-refractivity contribution in [3.05, 3.63) is 0 Å². The molecule has 0 aromatic carbocycles. The van der Waals surface area contributed by atoms with Crippen molar-refractivity contribution in [2.75, 3.05) is 13.1 Å². The molecular formula is C15H27NO. The summed E-state index contributed by atoms with van der Waals surface area (Å²) in [6, 6.07) is 0. The topological polar surface area (TPSA) is 20.3 Å². The Labute approximate surface area is 107 Å². The smallest absolute Gasteiger partial charge is 0.223 e. The lowest BCUT2D eigenvalue weighted by atomic mass is 10.1. The van der Waals surface area contributed by atoms with Crippen LogP contribution >= 0.6 is 0 Å². The molecule has 0 heterocycles. The van der Waals surface area contributed by atoms with E-state index in [2.05, 4.69) is 12.8 Å². The van der Waals surface area contributed by atoms with Crippen LogP contribution in [0.5, 0.6) is 0 Å². The van der Waals surface area contributed by atoms with Gasteiger partial charge in [-0.05, 0) is 13.3 Å². The largest absolute Gasteiger partial charge is 0.332 e. The highest BCUT2D eigenvalue weighted by atomic mass is 16.2. The Hall–Kier alpha value is -0.970. The van der Waals surface area contributed by atoms with Crippen molar-refractivity contribution in [1.29, 1.82) is 0 Å². The number of nitrogens with zero attached hydrogens (tertiary/aromatic N) is 1. The summed E-state index contributed by atoms with van der Waals surface area (Å²) in [5, 5.41) is 0. The predicted octanol–water partition coefficient (Wildman–Crippen LogP) is 3.61. The van der Waals surface area contributed by atoms with Crippen LogP contribution in [-0.4, -0.2) is 23.9 Å². The van der Waals surface area contributed by atoms with E-state index in [4.69, 9.17) is 6.42 Å². The number of carbonyl (C=O) groups excluding carboxylic acids is 1. The van der Waals surface area contributed by atoms with Gasteiger partial charge in [0.1, 0.15) is 0 Å². The average molecular weight is 237 g/mol. The summed E-state index contributed by atoms with van der Waals surface area (Å²) >= 11 is 0. The van der Waals surface area contributed by atoms with Crippen molar-refractivity contribution in [2.45, 2.75) is 65.2 Å². The second kappa shape index (κ2) is 11.5. The first-order chi connectivity index (χ1) is 8.26. The van der Waals surface area contributed by atoms with E-state index in [1.165, 1.54) is 38.5 Å². The summed E-state index contributed by atoms with van der Waals surface area (Å²) < 4.78 is 0. The van der Waals surface area contributed by atoms with Crippen molar-refractivity contribution >= 4 is 5.91 Å². The van der Waals surface area contributed by atoms with Gasteiger partial charge in [-0.25, -0.2) is 0 Å². The Morgan fingerprint density at radius 2 is 1.65 bits per heavy atom. The third-order valence-corrected chi connectivity index (χ3v) is 3.01. The zero-order valence-electron chi connectivity index (χ0n) is 11.5. The van der Waals surface area contributed by atoms with E-state index in [0.29, 0.717) is 13.0 Å². The monoisotopic (exact) mass is 237 g/mol. The first-order valence-corrected chi connectivity index (χ1v) is 6.97. The Balaban J connectivity index is 3.47. The molecule has 0 aromatic heterocycles. The third kappa shape index (κ3) is 8.80. The SMILES string of the molecule is C#CCN(CC)C(=O)CCCCCCCCC. The van der Waals surface area contributed by atoms with Crippen molar-refractivity contribution in [1.82, 2.24) is 4.90 Å². The van der Waals surface area contributed by atoms with Crippen LogP contribution in [0.4, 0.5) is 0 Å². The molecule has 2 nitrogen and oxygen atoms in total. The van der Waals surface area contributed by atoms with Crippen LogP contribution in [0.25, 0.3) is 0 Å². The lowest BCUT2D eigenvalue weighted by molar-refractivity contribution is -0.130. The summed E-state index contributed by atoms with van der Waals surface area (Å²) in [6.07, 6.45) is 14.6. The molecule has 0 aliphatic rings. The first-order valence-electron chi connectivity index (χ1n) is 6.97. The Morgan fingerprint density at radius 1 is 1.06 bits per heavy atom. The normalized spacial score (nSPS) is 9.94. The van der Waals surface area contributed by atoms with Crippen LogP contribution in [0, 0.1) is 12.3 Å². The third-order valence-electron chi connectivity index (χ3n) is 3.01. The molecule has 0 bridgehead atoms. The average Bonchev–Trinajstić information content (AvgIpc) is 2.34. The number of carbonyl (C=O) groups is 1. The van der Waals surface area contributed by atoms with Gasteiger partial charge in [0, 0.05) is 13.0 Å². The summed E-state index contributed by atoms with van der Waals surface area (Å²) in [5.74, 6) is 2.74. The van der Waals surface area contributed by atoms with Gasteiger partial charge in [-0.1, -0.05) is 51.4 Å². The van der Waals surface area contributed by atoms with Gasteiger partial charge in [-0.2, -0.15) is 0 Å². The summed E-state index contributed by atoms with van der Waals surface area (Å²) in [7, 11) is 0. The predicted molar refractivity (Wildman–Crippen MR) is 73.7 cm³/mol. The molecule has 0 saturated carbocycles. The molecule has 0 atom stereocenters. The molecule has 0 aliphatic carbocycles. The minimum absolute atomic E-state index is 0.207. The zero-order valence-corrected chi connectivity index (χ0v) is 11.5. The van der Waals surface area contributed by atoms with E-state index < -0.39 is 0 Å². The molecule has 98 valence electrons. The van der Waals surface area contributed by atoms with Gasteiger partial charge in [0.25, 0.3) is 0 Å². The molecule has 0 rings (SSSR count). The second-order valence-corrected chi connectivity index (χ2v) is 4.48. The van der Waals surface area contributed by atoms with Crippen molar-refractivity contribution in [2.24, 2.45) is 0 Å². The minimum Gasteiger partial charge on any atom is -0.332 e. The molecule has 0 fully saturated rings. The van der Waals surface area contributed by atoms with Gasteiger partial charge < -0.3 is 4.90 Å². The number of amides is 1. The molecule has 0 aromatic rings. The van der Waals surface area contributed by atoms with E-state index in [0.717, 1.165) is 13.0 Å². The van der Waals surface area contributed by atoms with Crippen molar-refractivity contribution in [3.63, 3.8) is 0 Å². The van der Waals surface area contributed by atoms with Crippen LogP contribution in [0.1, 0.15) is 65.2 Å². The van der Waals surface area contributed by atoms with E-state index in [1.807, 2.05) is 6.92 Å². The van der Waals surface area contributed by atoms with Gasteiger partial charge in [0.15, 0.2) is 0 Å². The van der Waals surface area contributed by atoms with Crippen LogP contribution in [0.3, 0.4) is 0 Å². The van der Waals surface area contributed by atoms with Crippen LogP contribution in [0.2, 0.25) is 0 Å². The van der Waals surface area contributed by atoms with Crippen LogP contribution < -0.4 is 0 Å². The lowest BCUT2D eigenvalue weighted by Crippen LogP contribution is -2.30. The minimum atomic E-state index is 0.207. The molecule has 0 spiro atoms. The van der Waals surface area contributed by atoms with Crippen molar-refractivity contribution < 1.29 is 4.79 Å². The van der Waals surface area contributed by atoms with Crippen LogP contribution in [0.15, 0.2) is 0 Å². The zero-order chi connectivity index (χ0) is 12.9. The highest BCUT2D eigenvalue weighted by Gasteiger charge is 2.08. The van der Waals surface area contributed by atoms with Crippen molar-refractivity contribution in [3.8, 4) is 12.3 Å². The molecule has 2 heteroatoms. The van der Waals surface area contributed by atoms with Gasteiger partial charge in [-0.3, -0.25) is 4.79 Å². The van der Waals surface area contributed by atoms with Gasteiger partial charge in [0.2, 0.25) is 5.91 Å². The number of unbranched alkanes of at least 4 members (excludes halogenated alkanes) is 6. The quantitative estimate of drug-likeness (QED) is 0.420. The number of rotatable bonds is 10. The Bertz CT molecular complexity index is 230. The fourth-order valence-electron chi connectivity index (χ4n) is 1.88. The maximum absolute atomic E-state index is 11.7. The molecule has 17 heavy (non-hydrogen) atoms. The summed E-state index contributed by atoms with van der Waals surface area (Å²) in [6.45, 7) is 5.37. The molecule has 0 unspecified atom stereocenters. The maximum Gasteiger partial charge on any atom is 0.223 e. The van der Waals surface area contributed by atoms with Crippen LogP contribution in [-0.2, 0) is 4.79 Å². The molecule has 0 radical (unpaired) electrons. The highest BCUT2D eigenvalue weighted by molar-refractivity contribution is 5.76.